The van der Waals surface area contributed by atoms with Crippen LogP contribution in [-0.2, 0) is 4.79 Å². The third kappa shape index (κ3) is 31.6. The third-order valence-corrected chi connectivity index (χ3v) is 4.29. The van der Waals surface area contributed by atoms with Crippen LogP contribution in [0.5, 0.6) is 0 Å². The van der Waals surface area contributed by atoms with Gasteiger partial charge in [0, 0.05) is 6.42 Å². The summed E-state index contributed by atoms with van der Waals surface area (Å²) in [6.07, 6.45) is 18.9. The summed E-state index contributed by atoms with van der Waals surface area (Å²) in [5, 5.41) is 10.6. The number of nitrogens with two attached hydrogens (primary N) is 1. The Morgan fingerprint density at radius 3 is 1.32 bits per heavy atom. The second-order valence-corrected chi connectivity index (χ2v) is 7.76. The first-order valence-electron chi connectivity index (χ1n) is 10.7. The zero-order valence-electron chi connectivity index (χ0n) is 17.7. The predicted molar refractivity (Wildman–Crippen MR) is 110 cm³/mol. The number of rotatable bonds is 16. The Labute approximate surface area is 157 Å². The highest BCUT2D eigenvalue weighted by Crippen LogP contribution is 2.12. The van der Waals surface area contributed by atoms with Gasteiger partial charge in [0.25, 0.3) is 0 Å². The quantitative estimate of drug-likeness (QED) is 0.211. The molecule has 2 N–H and O–H groups in total. The Balaban J connectivity index is 0. The van der Waals surface area contributed by atoms with Gasteiger partial charge in [0.1, 0.15) is 0 Å². The summed E-state index contributed by atoms with van der Waals surface area (Å²) in [5.74, 6) is -0.155. The van der Waals surface area contributed by atoms with Gasteiger partial charge in [0.15, 0.2) is 0 Å². The molecule has 0 bridgehead atoms. The van der Waals surface area contributed by atoms with Crippen molar-refractivity contribution in [2.45, 2.75) is 110 Å². The van der Waals surface area contributed by atoms with Crippen molar-refractivity contribution in [1.82, 2.24) is 0 Å². The van der Waals surface area contributed by atoms with Gasteiger partial charge in [0.2, 0.25) is 5.91 Å². The van der Waals surface area contributed by atoms with E-state index in [9.17, 15) is 10.0 Å². The first-order chi connectivity index (χ1) is 11.8. The van der Waals surface area contributed by atoms with Crippen LogP contribution in [0, 0.1) is 5.21 Å². The SMILES string of the molecule is CCCCCCCCCCCCCCCC(N)=O.CCC[N+](C)(C)[O-]. The van der Waals surface area contributed by atoms with Crippen molar-refractivity contribution in [1.29, 1.82) is 0 Å². The number of unbranched alkanes of at least 4 members (excludes halogenated alkanes) is 12. The minimum Gasteiger partial charge on any atom is -0.633 e. The second kappa shape index (κ2) is 19.7. The summed E-state index contributed by atoms with van der Waals surface area (Å²) in [6, 6.07) is 0. The molecule has 1 amide bonds. The highest BCUT2D eigenvalue weighted by Gasteiger charge is 1.96. The Hall–Kier alpha value is -0.610. The van der Waals surface area contributed by atoms with Gasteiger partial charge in [-0.15, -0.1) is 0 Å². The van der Waals surface area contributed by atoms with Crippen LogP contribution in [0.4, 0.5) is 0 Å². The maximum Gasteiger partial charge on any atom is 0.217 e. The van der Waals surface area contributed by atoms with Gasteiger partial charge in [-0.25, -0.2) is 0 Å². The Morgan fingerprint density at radius 1 is 0.720 bits per heavy atom. The van der Waals surface area contributed by atoms with Crippen molar-refractivity contribution in [3.8, 4) is 0 Å². The van der Waals surface area contributed by atoms with Crippen molar-refractivity contribution >= 4 is 5.91 Å². The van der Waals surface area contributed by atoms with E-state index < -0.39 is 0 Å². The lowest BCUT2D eigenvalue weighted by atomic mass is 10.0. The molecular weight excluding hydrogens is 312 g/mol. The van der Waals surface area contributed by atoms with E-state index in [0.29, 0.717) is 6.42 Å². The van der Waals surface area contributed by atoms with Crippen LogP contribution in [0.3, 0.4) is 0 Å². The van der Waals surface area contributed by atoms with Crippen LogP contribution in [-0.4, -0.2) is 31.2 Å². The van der Waals surface area contributed by atoms with Crippen molar-refractivity contribution in [2.75, 3.05) is 20.6 Å². The Morgan fingerprint density at radius 2 is 1.08 bits per heavy atom. The molecule has 0 saturated carbocycles. The first kappa shape index (κ1) is 26.6. The number of primary amides is 1. The molecule has 0 aliphatic carbocycles. The molecule has 0 aromatic carbocycles. The number of amides is 1. The van der Waals surface area contributed by atoms with Gasteiger partial charge in [-0.2, -0.15) is 0 Å². The van der Waals surface area contributed by atoms with E-state index in [1.807, 2.05) is 6.92 Å². The molecule has 0 aromatic heterocycles. The van der Waals surface area contributed by atoms with Crippen LogP contribution in [0.1, 0.15) is 110 Å². The molecule has 152 valence electrons. The monoisotopic (exact) mass is 358 g/mol. The van der Waals surface area contributed by atoms with Gasteiger partial charge in [0.05, 0.1) is 20.6 Å². The van der Waals surface area contributed by atoms with Crippen molar-refractivity contribution in [3.05, 3.63) is 5.21 Å². The molecule has 0 heterocycles. The minimum atomic E-state index is -0.156. The smallest absolute Gasteiger partial charge is 0.217 e. The zero-order chi connectivity index (χ0) is 19.4. The van der Waals surface area contributed by atoms with E-state index in [-0.39, 0.29) is 10.6 Å². The average molecular weight is 359 g/mol. The molecular formula is C21H46N2O2. The molecule has 0 spiro atoms. The summed E-state index contributed by atoms with van der Waals surface area (Å²) in [5.41, 5.74) is 5.09. The van der Waals surface area contributed by atoms with Crippen molar-refractivity contribution in [2.24, 2.45) is 5.73 Å². The lowest BCUT2D eigenvalue weighted by Gasteiger charge is -2.33. The van der Waals surface area contributed by atoms with Gasteiger partial charge in [-0.1, -0.05) is 90.9 Å². The van der Waals surface area contributed by atoms with Crippen molar-refractivity contribution < 1.29 is 9.44 Å². The number of carbonyl (C=O) groups excluding carboxylic acids is 1. The van der Waals surface area contributed by atoms with E-state index in [1.54, 1.807) is 14.1 Å². The van der Waals surface area contributed by atoms with Crippen LogP contribution in [0.2, 0.25) is 0 Å². The lowest BCUT2D eigenvalue weighted by molar-refractivity contribution is -0.839. The number of hydrogen-bond acceptors (Lipinski definition) is 2. The zero-order valence-corrected chi connectivity index (χ0v) is 17.7. The maximum absolute atomic E-state index is 10.6. The number of hydroxylamine groups is 3. The Bertz CT molecular complexity index is 276. The molecule has 0 fully saturated rings. The molecule has 0 unspecified atom stereocenters. The van der Waals surface area contributed by atoms with E-state index in [0.717, 1.165) is 19.4 Å². The second-order valence-electron chi connectivity index (χ2n) is 7.76. The van der Waals surface area contributed by atoms with Gasteiger partial charge < -0.3 is 15.6 Å². The predicted octanol–water partition coefficient (Wildman–Crippen LogP) is 5.92. The van der Waals surface area contributed by atoms with Crippen LogP contribution < -0.4 is 5.73 Å². The fraction of sp³-hybridized carbons (Fsp3) is 0.952. The Kier molecular flexibility index (Phi) is 21.0. The minimum absolute atomic E-state index is 0.155. The van der Waals surface area contributed by atoms with Gasteiger partial charge >= 0.3 is 0 Å². The fourth-order valence-electron chi connectivity index (χ4n) is 2.86. The van der Waals surface area contributed by atoms with E-state index in [4.69, 9.17) is 5.73 Å². The molecule has 0 aliphatic rings. The average Bonchev–Trinajstić information content (AvgIpc) is 2.51. The van der Waals surface area contributed by atoms with Crippen LogP contribution in [0.15, 0.2) is 0 Å². The third-order valence-electron chi connectivity index (χ3n) is 4.29. The van der Waals surface area contributed by atoms with E-state index in [1.165, 1.54) is 77.0 Å². The number of carbonyl (C=O) groups is 1. The summed E-state index contributed by atoms with van der Waals surface area (Å²) in [6.45, 7) is 5.00. The van der Waals surface area contributed by atoms with Gasteiger partial charge in [-0.3, -0.25) is 4.79 Å². The highest BCUT2D eigenvalue weighted by atomic mass is 16.5. The molecule has 0 radical (unpaired) electrons. The number of quaternary nitrogens is 1. The number of hydrogen-bond donors (Lipinski definition) is 1. The van der Waals surface area contributed by atoms with E-state index in [2.05, 4.69) is 6.92 Å². The molecule has 0 aliphatic heterocycles. The van der Waals surface area contributed by atoms with E-state index >= 15 is 0 Å². The lowest BCUT2D eigenvalue weighted by Crippen LogP contribution is -2.32. The molecule has 4 nitrogen and oxygen atoms in total. The molecule has 4 heteroatoms. The largest absolute Gasteiger partial charge is 0.633 e. The van der Waals surface area contributed by atoms with Crippen LogP contribution in [0.25, 0.3) is 0 Å². The molecule has 25 heavy (non-hydrogen) atoms. The molecule has 0 aromatic rings. The van der Waals surface area contributed by atoms with Crippen molar-refractivity contribution in [3.63, 3.8) is 0 Å². The molecule has 0 atom stereocenters. The first-order valence-corrected chi connectivity index (χ1v) is 10.7. The topological polar surface area (TPSA) is 66.2 Å². The summed E-state index contributed by atoms with van der Waals surface area (Å²) >= 11 is 0. The maximum atomic E-state index is 10.6. The highest BCUT2D eigenvalue weighted by molar-refractivity contribution is 5.73. The standard InChI is InChI=1S/C16H33NO.C5H13NO/c1-2-3-4-5-6-7-8-9-10-11-12-13-14-15-16(17)18;1-4-5-6(2,3)7/h2-15H2,1H3,(H2,17,18);4-5H2,1-3H3. The van der Waals surface area contributed by atoms with Gasteiger partial charge in [-0.05, 0) is 12.8 Å². The summed E-state index contributed by atoms with van der Waals surface area (Å²) in [4.78, 5) is 10.5. The van der Waals surface area contributed by atoms with Crippen LogP contribution >= 0.6 is 0 Å². The number of nitrogens with zero attached hydrogens (tertiary/aromatic N) is 1. The normalized spacial score (nSPS) is 11.1. The molecule has 0 saturated heterocycles. The molecule has 0 rings (SSSR count). The summed E-state index contributed by atoms with van der Waals surface area (Å²) < 4.78 is -0.156. The fourth-order valence-corrected chi connectivity index (χ4v) is 2.86. The summed E-state index contributed by atoms with van der Waals surface area (Å²) in [7, 11) is 3.31.